The van der Waals surface area contributed by atoms with Crippen molar-refractivity contribution in [3.63, 3.8) is 0 Å². The Hall–Kier alpha value is -2.44. The largest absolute Gasteiger partial charge is 0.347 e. The molecular formula is C14H16FN3O3. The van der Waals surface area contributed by atoms with Crippen LogP contribution in [0.3, 0.4) is 0 Å². The third-order valence-corrected chi connectivity index (χ3v) is 3.48. The number of halogens is 1. The second kappa shape index (κ2) is 5.16. The fourth-order valence-corrected chi connectivity index (χ4v) is 2.17. The van der Waals surface area contributed by atoms with Gasteiger partial charge >= 0.3 is 6.03 Å². The maximum Gasteiger partial charge on any atom is 0.325 e. The molecule has 0 radical (unpaired) electrons. The molecule has 0 bridgehead atoms. The third kappa shape index (κ3) is 2.46. The van der Waals surface area contributed by atoms with Crippen molar-refractivity contribution in [1.82, 2.24) is 15.1 Å². The van der Waals surface area contributed by atoms with E-state index < -0.39 is 29.2 Å². The molecule has 1 aromatic carbocycles. The Morgan fingerprint density at radius 1 is 1.33 bits per heavy atom. The lowest BCUT2D eigenvalue weighted by atomic mass is 9.91. The van der Waals surface area contributed by atoms with E-state index in [1.165, 1.54) is 44.1 Å². The summed E-state index contributed by atoms with van der Waals surface area (Å²) in [5.74, 6) is -1.63. The van der Waals surface area contributed by atoms with Gasteiger partial charge in [0.15, 0.2) is 0 Å². The smallest absolute Gasteiger partial charge is 0.325 e. The first-order valence-corrected chi connectivity index (χ1v) is 6.36. The van der Waals surface area contributed by atoms with Crippen LogP contribution < -0.4 is 5.32 Å². The first-order chi connectivity index (χ1) is 9.77. The first kappa shape index (κ1) is 15.0. The average molecular weight is 293 g/mol. The van der Waals surface area contributed by atoms with Gasteiger partial charge in [-0.3, -0.25) is 14.5 Å². The van der Waals surface area contributed by atoms with E-state index in [9.17, 15) is 18.8 Å². The molecule has 0 aromatic heterocycles. The molecule has 21 heavy (non-hydrogen) atoms. The topological polar surface area (TPSA) is 69.7 Å². The van der Waals surface area contributed by atoms with Crippen LogP contribution in [0.2, 0.25) is 0 Å². The van der Waals surface area contributed by atoms with Crippen molar-refractivity contribution in [3.8, 4) is 0 Å². The molecule has 4 amide bonds. The maximum atomic E-state index is 13.9. The number of carbonyl (C=O) groups excluding carboxylic acids is 3. The number of imide groups is 1. The molecule has 1 heterocycles. The normalized spacial score (nSPS) is 21.4. The Kier molecular flexibility index (Phi) is 3.67. The second-order valence-corrected chi connectivity index (χ2v) is 5.21. The standard InChI is InChI=1S/C14H16FN3O3/c1-14(9-6-4-5-7-10(9)15)12(20)18(13(21)16-14)8-11(19)17(2)3/h4-7H,8H2,1-3H3,(H,16,21)/t14-/m1/s1. The number of carbonyl (C=O) groups is 3. The summed E-state index contributed by atoms with van der Waals surface area (Å²) in [5, 5.41) is 2.46. The fraction of sp³-hybridized carbons (Fsp3) is 0.357. The number of nitrogens with zero attached hydrogens (tertiary/aromatic N) is 2. The van der Waals surface area contributed by atoms with Gasteiger partial charge in [0.25, 0.3) is 5.91 Å². The number of hydrogen-bond acceptors (Lipinski definition) is 3. The van der Waals surface area contributed by atoms with Gasteiger partial charge < -0.3 is 10.2 Å². The number of urea groups is 1. The van der Waals surface area contributed by atoms with Gasteiger partial charge in [-0.25, -0.2) is 9.18 Å². The van der Waals surface area contributed by atoms with Crippen molar-refractivity contribution >= 4 is 17.8 Å². The van der Waals surface area contributed by atoms with E-state index in [1.54, 1.807) is 6.07 Å². The molecule has 112 valence electrons. The minimum Gasteiger partial charge on any atom is -0.347 e. The summed E-state index contributed by atoms with van der Waals surface area (Å²) >= 11 is 0. The molecule has 0 unspecified atom stereocenters. The Labute approximate surface area is 121 Å². The second-order valence-electron chi connectivity index (χ2n) is 5.21. The van der Waals surface area contributed by atoms with Crippen molar-refractivity contribution in [3.05, 3.63) is 35.6 Å². The zero-order valence-electron chi connectivity index (χ0n) is 12.0. The molecule has 1 atom stereocenters. The lowest BCUT2D eigenvalue weighted by Crippen LogP contribution is -2.43. The molecule has 0 spiro atoms. The van der Waals surface area contributed by atoms with Gasteiger partial charge in [-0.2, -0.15) is 0 Å². The molecule has 1 saturated heterocycles. The van der Waals surface area contributed by atoms with Crippen LogP contribution in [0.1, 0.15) is 12.5 Å². The highest BCUT2D eigenvalue weighted by atomic mass is 19.1. The molecule has 7 heteroatoms. The van der Waals surface area contributed by atoms with E-state index in [0.717, 1.165) is 4.90 Å². The van der Waals surface area contributed by atoms with Crippen molar-refractivity contribution in [1.29, 1.82) is 0 Å². The van der Waals surface area contributed by atoms with E-state index in [2.05, 4.69) is 5.32 Å². The number of hydrogen-bond donors (Lipinski definition) is 1. The summed E-state index contributed by atoms with van der Waals surface area (Å²) in [6, 6.07) is 5.02. The van der Waals surface area contributed by atoms with E-state index in [1.807, 2.05) is 0 Å². The highest BCUT2D eigenvalue weighted by molar-refractivity contribution is 6.09. The molecule has 0 aliphatic carbocycles. The quantitative estimate of drug-likeness (QED) is 0.833. The van der Waals surface area contributed by atoms with Gasteiger partial charge in [0.2, 0.25) is 5.91 Å². The van der Waals surface area contributed by atoms with Gasteiger partial charge in [0.05, 0.1) is 0 Å². The highest BCUT2D eigenvalue weighted by Gasteiger charge is 2.50. The molecule has 1 aliphatic rings. The maximum absolute atomic E-state index is 13.9. The number of nitrogens with one attached hydrogen (secondary N) is 1. The molecule has 2 rings (SSSR count). The minimum atomic E-state index is -1.50. The summed E-state index contributed by atoms with van der Waals surface area (Å²) < 4.78 is 13.9. The van der Waals surface area contributed by atoms with Crippen molar-refractivity contribution in [2.75, 3.05) is 20.6 Å². The first-order valence-electron chi connectivity index (χ1n) is 6.36. The van der Waals surface area contributed by atoms with Crippen molar-refractivity contribution < 1.29 is 18.8 Å². The summed E-state index contributed by atoms with van der Waals surface area (Å²) in [6.45, 7) is 1.05. The molecule has 1 N–H and O–H groups in total. The Morgan fingerprint density at radius 2 is 1.95 bits per heavy atom. The highest BCUT2D eigenvalue weighted by Crippen LogP contribution is 2.30. The molecule has 1 aromatic rings. The Bertz CT molecular complexity index is 617. The molecule has 1 fully saturated rings. The average Bonchev–Trinajstić information content (AvgIpc) is 2.63. The fourth-order valence-electron chi connectivity index (χ4n) is 2.17. The van der Waals surface area contributed by atoms with E-state index >= 15 is 0 Å². The van der Waals surface area contributed by atoms with Gasteiger partial charge in [-0.05, 0) is 13.0 Å². The van der Waals surface area contributed by atoms with Crippen molar-refractivity contribution in [2.45, 2.75) is 12.5 Å². The molecule has 0 saturated carbocycles. The van der Waals surface area contributed by atoms with Gasteiger partial charge in [0.1, 0.15) is 17.9 Å². The van der Waals surface area contributed by atoms with Crippen LogP contribution in [0.15, 0.2) is 24.3 Å². The van der Waals surface area contributed by atoms with Crippen LogP contribution in [-0.4, -0.2) is 48.3 Å². The third-order valence-electron chi connectivity index (χ3n) is 3.48. The predicted molar refractivity (Wildman–Crippen MR) is 72.7 cm³/mol. The Morgan fingerprint density at radius 3 is 2.52 bits per heavy atom. The lowest BCUT2D eigenvalue weighted by Gasteiger charge is -2.23. The lowest BCUT2D eigenvalue weighted by molar-refractivity contribution is -0.137. The van der Waals surface area contributed by atoms with Gasteiger partial charge in [-0.15, -0.1) is 0 Å². The summed E-state index contributed by atoms with van der Waals surface area (Å²) in [7, 11) is 3.05. The van der Waals surface area contributed by atoms with Crippen LogP contribution in [-0.2, 0) is 15.1 Å². The monoisotopic (exact) mass is 293 g/mol. The van der Waals surface area contributed by atoms with E-state index in [-0.39, 0.29) is 12.1 Å². The van der Waals surface area contributed by atoms with Crippen LogP contribution in [0, 0.1) is 5.82 Å². The van der Waals surface area contributed by atoms with Gasteiger partial charge in [0, 0.05) is 19.7 Å². The van der Waals surface area contributed by atoms with E-state index in [4.69, 9.17) is 0 Å². The summed E-state index contributed by atoms with van der Waals surface area (Å²) in [6.07, 6.45) is 0. The molecular weight excluding hydrogens is 277 g/mol. The molecule has 1 aliphatic heterocycles. The number of rotatable bonds is 3. The number of likely N-dealkylation sites (N-methyl/N-ethyl adjacent to an activating group) is 1. The van der Waals surface area contributed by atoms with Crippen LogP contribution in [0.5, 0.6) is 0 Å². The molecule has 6 nitrogen and oxygen atoms in total. The predicted octanol–water partition coefficient (Wildman–Crippen LogP) is 0.681. The SMILES string of the molecule is CN(C)C(=O)CN1C(=O)N[C@](C)(c2ccccc2F)C1=O. The van der Waals surface area contributed by atoms with Crippen LogP contribution in [0.25, 0.3) is 0 Å². The van der Waals surface area contributed by atoms with Gasteiger partial charge in [-0.1, -0.05) is 18.2 Å². The minimum absolute atomic E-state index is 0.0724. The zero-order chi connectivity index (χ0) is 15.8. The number of benzene rings is 1. The zero-order valence-corrected chi connectivity index (χ0v) is 12.0. The van der Waals surface area contributed by atoms with E-state index in [0.29, 0.717) is 0 Å². The summed E-state index contributed by atoms with van der Waals surface area (Å²) in [5.41, 5.74) is -1.43. The summed E-state index contributed by atoms with van der Waals surface area (Å²) in [4.78, 5) is 38.2. The van der Waals surface area contributed by atoms with Crippen LogP contribution >= 0.6 is 0 Å². The van der Waals surface area contributed by atoms with Crippen LogP contribution in [0.4, 0.5) is 9.18 Å². The number of amides is 4. The van der Waals surface area contributed by atoms with Crippen molar-refractivity contribution in [2.24, 2.45) is 0 Å². The Balaban J connectivity index is 2.33.